The van der Waals surface area contributed by atoms with Crippen molar-refractivity contribution in [2.24, 2.45) is 5.73 Å². The van der Waals surface area contributed by atoms with E-state index in [2.05, 4.69) is 4.84 Å². The van der Waals surface area contributed by atoms with E-state index in [1.165, 1.54) is 12.1 Å². The van der Waals surface area contributed by atoms with Crippen LogP contribution in [0.25, 0.3) is 0 Å². The number of benzene rings is 1. The van der Waals surface area contributed by atoms with Crippen LogP contribution in [0.15, 0.2) is 18.2 Å². The van der Waals surface area contributed by atoms with Gasteiger partial charge in [-0.05, 0) is 40.8 Å². The zero-order chi connectivity index (χ0) is 12.1. The summed E-state index contributed by atoms with van der Waals surface area (Å²) in [7, 11) is 0. The predicted octanol–water partition coefficient (Wildman–Crippen LogP) is 0.143. The largest absolute Gasteiger partial charge is 0.507 e. The van der Waals surface area contributed by atoms with Crippen LogP contribution >= 0.6 is 22.6 Å². The molecule has 0 aliphatic carbocycles. The molecule has 0 radical (unpaired) electrons. The number of hydrogen-bond acceptors (Lipinski definition) is 4. The third-order valence-electron chi connectivity index (χ3n) is 1.58. The quantitative estimate of drug-likeness (QED) is 0.538. The Morgan fingerprint density at radius 1 is 1.50 bits per heavy atom. The predicted molar refractivity (Wildman–Crippen MR) is 63.4 cm³/mol. The summed E-state index contributed by atoms with van der Waals surface area (Å²) in [6, 6.07) is 4.53. The molecule has 0 saturated heterocycles. The van der Waals surface area contributed by atoms with Crippen molar-refractivity contribution in [2.45, 2.75) is 0 Å². The highest BCUT2D eigenvalue weighted by molar-refractivity contribution is 14.1. The zero-order valence-corrected chi connectivity index (χ0v) is 10.2. The third kappa shape index (κ3) is 3.66. The van der Waals surface area contributed by atoms with E-state index in [0.29, 0.717) is 0 Å². The molecule has 2 amide bonds. The van der Waals surface area contributed by atoms with Gasteiger partial charge in [0.1, 0.15) is 5.75 Å². The summed E-state index contributed by atoms with van der Waals surface area (Å²) in [6.45, 7) is -0.420. The molecular formula is C9H9IN2O4. The maximum atomic E-state index is 11.4. The van der Waals surface area contributed by atoms with Gasteiger partial charge in [-0.2, -0.15) is 0 Å². The monoisotopic (exact) mass is 336 g/mol. The van der Waals surface area contributed by atoms with Crippen LogP contribution in [-0.2, 0) is 9.63 Å². The topological polar surface area (TPSA) is 102 Å². The fourth-order valence-electron chi connectivity index (χ4n) is 0.918. The van der Waals surface area contributed by atoms with Crippen LogP contribution in [0.4, 0.5) is 0 Å². The Bertz CT molecular complexity index is 422. The number of phenols is 1. The number of hydroxylamine groups is 1. The average Bonchev–Trinajstić information content (AvgIpc) is 2.21. The molecule has 0 saturated carbocycles. The molecule has 86 valence electrons. The molecule has 7 heteroatoms. The van der Waals surface area contributed by atoms with Crippen molar-refractivity contribution in [1.29, 1.82) is 0 Å². The number of nitrogens with two attached hydrogens (primary N) is 1. The average molecular weight is 336 g/mol. The number of halogens is 1. The minimum absolute atomic E-state index is 0.0661. The van der Waals surface area contributed by atoms with Crippen molar-refractivity contribution in [3.8, 4) is 5.75 Å². The maximum absolute atomic E-state index is 11.4. The lowest BCUT2D eigenvalue weighted by molar-refractivity contribution is -0.124. The van der Waals surface area contributed by atoms with Gasteiger partial charge in [0.25, 0.3) is 5.91 Å². The number of nitrogens with one attached hydrogen (secondary N) is 1. The van der Waals surface area contributed by atoms with Crippen LogP contribution in [-0.4, -0.2) is 23.5 Å². The molecule has 1 aromatic carbocycles. The van der Waals surface area contributed by atoms with Crippen molar-refractivity contribution in [2.75, 3.05) is 6.61 Å². The number of amides is 2. The van der Waals surface area contributed by atoms with Crippen LogP contribution < -0.4 is 11.2 Å². The number of hydrogen-bond donors (Lipinski definition) is 3. The first-order valence-electron chi connectivity index (χ1n) is 4.19. The van der Waals surface area contributed by atoms with E-state index in [1.807, 2.05) is 28.1 Å². The summed E-state index contributed by atoms with van der Waals surface area (Å²) in [6.07, 6.45) is 0. The fourth-order valence-corrected chi connectivity index (χ4v) is 1.41. The molecule has 0 aliphatic rings. The zero-order valence-electron chi connectivity index (χ0n) is 8.07. The number of rotatable bonds is 4. The fraction of sp³-hybridized carbons (Fsp3) is 0.111. The Balaban J connectivity index is 2.65. The van der Waals surface area contributed by atoms with Gasteiger partial charge in [-0.15, -0.1) is 0 Å². The first-order chi connectivity index (χ1) is 7.50. The van der Waals surface area contributed by atoms with E-state index in [0.717, 1.165) is 3.57 Å². The Kier molecular flexibility index (Phi) is 4.50. The summed E-state index contributed by atoms with van der Waals surface area (Å²) in [5.41, 5.74) is 6.87. The number of aromatic hydroxyl groups is 1. The highest BCUT2D eigenvalue weighted by atomic mass is 127. The lowest BCUT2D eigenvalue weighted by Gasteiger charge is -2.06. The SMILES string of the molecule is NC(=O)CONC(=O)c1cc(I)ccc1O. The van der Waals surface area contributed by atoms with Crippen molar-refractivity contribution in [1.82, 2.24) is 5.48 Å². The lowest BCUT2D eigenvalue weighted by atomic mass is 10.2. The maximum Gasteiger partial charge on any atom is 0.278 e. The van der Waals surface area contributed by atoms with Crippen molar-refractivity contribution >= 4 is 34.4 Å². The van der Waals surface area contributed by atoms with Crippen molar-refractivity contribution < 1.29 is 19.5 Å². The van der Waals surface area contributed by atoms with E-state index >= 15 is 0 Å². The molecule has 0 spiro atoms. The summed E-state index contributed by atoms with van der Waals surface area (Å²) in [5, 5.41) is 9.40. The summed E-state index contributed by atoms with van der Waals surface area (Å²) in [5.74, 6) is -1.51. The van der Waals surface area contributed by atoms with Gasteiger partial charge < -0.3 is 10.8 Å². The van der Waals surface area contributed by atoms with Gasteiger partial charge in [0, 0.05) is 3.57 Å². The van der Waals surface area contributed by atoms with Gasteiger partial charge in [-0.25, -0.2) is 5.48 Å². The van der Waals surface area contributed by atoms with E-state index in [1.54, 1.807) is 6.07 Å². The number of carbonyl (C=O) groups is 2. The molecule has 0 atom stereocenters. The van der Waals surface area contributed by atoms with Crippen LogP contribution in [0.5, 0.6) is 5.75 Å². The van der Waals surface area contributed by atoms with E-state index in [9.17, 15) is 14.7 Å². The smallest absolute Gasteiger partial charge is 0.278 e. The van der Waals surface area contributed by atoms with Crippen LogP contribution in [0.2, 0.25) is 0 Å². The minimum Gasteiger partial charge on any atom is -0.507 e. The highest BCUT2D eigenvalue weighted by Crippen LogP contribution is 2.19. The van der Waals surface area contributed by atoms with Crippen molar-refractivity contribution in [3.05, 3.63) is 27.3 Å². The number of carbonyl (C=O) groups excluding carboxylic acids is 2. The molecule has 16 heavy (non-hydrogen) atoms. The highest BCUT2D eigenvalue weighted by Gasteiger charge is 2.11. The van der Waals surface area contributed by atoms with Gasteiger partial charge in [0.2, 0.25) is 5.91 Å². The van der Waals surface area contributed by atoms with Crippen LogP contribution in [0.1, 0.15) is 10.4 Å². The Labute approximate surface area is 105 Å². The summed E-state index contributed by atoms with van der Waals surface area (Å²) >= 11 is 2.00. The van der Waals surface area contributed by atoms with Gasteiger partial charge in [-0.3, -0.25) is 14.4 Å². The molecule has 1 aromatic rings. The minimum atomic E-state index is -0.702. The molecule has 1 rings (SSSR count). The van der Waals surface area contributed by atoms with E-state index in [4.69, 9.17) is 5.73 Å². The Morgan fingerprint density at radius 2 is 2.19 bits per heavy atom. The lowest BCUT2D eigenvalue weighted by Crippen LogP contribution is -2.29. The molecule has 0 unspecified atom stereocenters. The number of primary amides is 1. The molecule has 0 fully saturated rings. The standard InChI is InChI=1S/C9H9IN2O4/c10-5-1-2-7(13)6(3-5)9(15)12-16-4-8(11)14/h1-3,13H,4H2,(H2,11,14)(H,12,15). The number of phenolic OH excluding ortho intramolecular Hbond substituents is 1. The molecule has 4 N–H and O–H groups in total. The molecule has 0 bridgehead atoms. The van der Waals surface area contributed by atoms with Gasteiger partial charge in [-0.1, -0.05) is 0 Å². The Hall–Kier alpha value is -1.35. The summed E-state index contributed by atoms with van der Waals surface area (Å²) < 4.78 is 0.787. The molecule has 6 nitrogen and oxygen atoms in total. The van der Waals surface area contributed by atoms with E-state index < -0.39 is 18.4 Å². The van der Waals surface area contributed by atoms with Crippen LogP contribution in [0, 0.1) is 3.57 Å². The molecule has 0 heterocycles. The molecular weight excluding hydrogens is 327 g/mol. The second-order valence-corrected chi connectivity index (χ2v) is 4.09. The normalized spacial score (nSPS) is 9.81. The van der Waals surface area contributed by atoms with Gasteiger partial charge in [0.05, 0.1) is 5.56 Å². The molecule has 0 aliphatic heterocycles. The summed E-state index contributed by atoms with van der Waals surface area (Å²) in [4.78, 5) is 26.3. The third-order valence-corrected chi connectivity index (χ3v) is 2.25. The first kappa shape index (κ1) is 12.7. The first-order valence-corrected chi connectivity index (χ1v) is 5.27. The van der Waals surface area contributed by atoms with Gasteiger partial charge in [0.15, 0.2) is 6.61 Å². The Morgan fingerprint density at radius 3 is 2.81 bits per heavy atom. The second kappa shape index (κ2) is 5.66. The van der Waals surface area contributed by atoms with Gasteiger partial charge >= 0.3 is 0 Å². The van der Waals surface area contributed by atoms with Crippen LogP contribution in [0.3, 0.4) is 0 Å². The second-order valence-electron chi connectivity index (χ2n) is 2.85. The molecule has 0 aromatic heterocycles. The van der Waals surface area contributed by atoms with Crippen molar-refractivity contribution in [3.63, 3.8) is 0 Å². The van der Waals surface area contributed by atoms with E-state index in [-0.39, 0.29) is 11.3 Å².